The maximum atomic E-state index is 13.6. The first-order valence-electron chi connectivity index (χ1n) is 9.58. The van der Waals surface area contributed by atoms with Gasteiger partial charge >= 0.3 is 5.97 Å². The number of benzene rings is 1. The van der Waals surface area contributed by atoms with Crippen molar-refractivity contribution in [1.82, 2.24) is 4.90 Å². The van der Waals surface area contributed by atoms with Gasteiger partial charge in [-0.2, -0.15) is 0 Å². The highest BCUT2D eigenvalue weighted by molar-refractivity contribution is 6.05. The van der Waals surface area contributed by atoms with Crippen LogP contribution in [0.2, 0.25) is 0 Å². The minimum absolute atomic E-state index is 0.0928. The van der Waals surface area contributed by atoms with Crippen molar-refractivity contribution in [3.8, 4) is 0 Å². The van der Waals surface area contributed by atoms with Gasteiger partial charge in [-0.3, -0.25) is 24.1 Å². The first-order valence-corrected chi connectivity index (χ1v) is 9.58. The largest absolute Gasteiger partial charge is 0.452 e. The monoisotopic (exact) mass is 408 g/mol. The lowest BCUT2D eigenvalue weighted by Crippen LogP contribution is -2.35. The highest BCUT2D eigenvalue weighted by Gasteiger charge is 2.47. The van der Waals surface area contributed by atoms with Gasteiger partial charge < -0.3 is 10.1 Å². The number of hydrogen-bond donors (Lipinski definition) is 1. The number of anilines is 1. The van der Waals surface area contributed by atoms with Crippen molar-refractivity contribution in [3.63, 3.8) is 0 Å². The summed E-state index contributed by atoms with van der Waals surface area (Å²) < 4.78 is 31.5. The fraction of sp³-hybridized carbons (Fsp3) is 0.500. The fourth-order valence-electron chi connectivity index (χ4n) is 3.79. The lowest BCUT2D eigenvalue weighted by atomic mass is 9.81. The Morgan fingerprint density at radius 2 is 1.79 bits per heavy atom. The molecule has 1 aromatic rings. The van der Waals surface area contributed by atoms with Crippen LogP contribution in [0.4, 0.5) is 14.5 Å². The van der Waals surface area contributed by atoms with Gasteiger partial charge in [0.15, 0.2) is 6.10 Å². The van der Waals surface area contributed by atoms with E-state index in [9.17, 15) is 28.0 Å². The molecular weight excluding hydrogens is 386 g/mol. The second-order valence-electron chi connectivity index (χ2n) is 7.32. The summed E-state index contributed by atoms with van der Waals surface area (Å²) in [5.74, 6) is -4.36. The molecule has 7 nitrogen and oxygen atoms in total. The second-order valence-corrected chi connectivity index (χ2v) is 7.32. The van der Waals surface area contributed by atoms with Crippen LogP contribution in [0.25, 0.3) is 0 Å². The van der Waals surface area contributed by atoms with Gasteiger partial charge in [-0.05, 0) is 31.9 Å². The lowest BCUT2D eigenvalue weighted by molar-refractivity contribution is -0.154. The molecule has 29 heavy (non-hydrogen) atoms. The molecule has 2 fully saturated rings. The van der Waals surface area contributed by atoms with Gasteiger partial charge in [0, 0.05) is 12.6 Å². The number of carbonyl (C=O) groups is 4. The Labute approximate surface area is 166 Å². The van der Waals surface area contributed by atoms with Crippen LogP contribution in [0.3, 0.4) is 0 Å². The molecule has 3 amide bonds. The molecule has 0 spiro atoms. The third kappa shape index (κ3) is 4.60. The molecule has 1 saturated carbocycles. The van der Waals surface area contributed by atoms with E-state index in [-0.39, 0.29) is 42.3 Å². The molecule has 0 aromatic heterocycles. The normalized spacial score (nSPS) is 22.2. The fourth-order valence-corrected chi connectivity index (χ4v) is 3.79. The van der Waals surface area contributed by atoms with Crippen molar-refractivity contribution in [1.29, 1.82) is 0 Å². The van der Waals surface area contributed by atoms with E-state index in [1.807, 2.05) is 0 Å². The van der Waals surface area contributed by atoms with Gasteiger partial charge in [-0.15, -0.1) is 0 Å². The number of carbonyl (C=O) groups excluding carboxylic acids is 4. The molecule has 1 N–H and O–H groups in total. The molecule has 9 heteroatoms. The van der Waals surface area contributed by atoms with E-state index in [1.165, 1.54) is 6.92 Å². The number of halogens is 2. The third-order valence-corrected chi connectivity index (χ3v) is 5.34. The molecule has 0 bridgehead atoms. The molecule has 1 saturated heterocycles. The number of nitrogens with zero attached hydrogens (tertiary/aromatic N) is 1. The first kappa shape index (κ1) is 20.9. The van der Waals surface area contributed by atoms with Crippen LogP contribution in [0.1, 0.15) is 39.0 Å². The number of imide groups is 1. The van der Waals surface area contributed by atoms with Crippen LogP contribution >= 0.6 is 0 Å². The van der Waals surface area contributed by atoms with Crippen molar-refractivity contribution in [2.45, 2.75) is 45.1 Å². The Hall–Kier alpha value is -2.84. The van der Waals surface area contributed by atoms with Crippen molar-refractivity contribution >= 4 is 29.4 Å². The number of esters is 1. The van der Waals surface area contributed by atoms with Crippen LogP contribution in [-0.4, -0.2) is 41.2 Å². The lowest BCUT2D eigenvalue weighted by Gasteiger charge is -2.19. The quantitative estimate of drug-likeness (QED) is 0.576. The van der Waals surface area contributed by atoms with E-state index in [2.05, 4.69) is 5.32 Å². The summed E-state index contributed by atoms with van der Waals surface area (Å²) in [7, 11) is 0. The minimum Gasteiger partial charge on any atom is -0.452 e. The van der Waals surface area contributed by atoms with Crippen molar-refractivity contribution in [2.24, 2.45) is 11.8 Å². The Morgan fingerprint density at radius 3 is 2.38 bits per heavy atom. The van der Waals surface area contributed by atoms with Gasteiger partial charge in [-0.1, -0.05) is 12.8 Å². The topological polar surface area (TPSA) is 92.8 Å². The van der Waals surface area contributed by atoms with Gasteiger partial charge in [0.2, 0.25) is 11.8 Å². The number of hydrogen-bond acceptors (Lipinski definition) is 5. The van der Waals surface area contributed by atoms with E-state index < -0.39 is 29.6 Å². The number of amides is 3. The average Bonchev–Trinajstić information content (AvgIpc) is 2.93. The third-order valence-electron chi connectivity index (χ3n) is 5.34. The minimum atomic E-state index is -1.24. The first-order chi connectivity index (χ1) is 13.8. The van der Waals surface area contributed by atoms with Gasteiger partial charge in [0.25, 0.3) is 5.91 Å². The molecule has 1 heterocycles. The summed E-state index contributed by atoms with van der Waals surface area (Å²) in [4.78, 5) is 50.0. The predicted octanol–water partition coefficient (Wildman–Crippen LogP) is 2.40. The summed E-state index contributed by atoms with van der Waals surface area (Å²) >= 11 is 0. The molecular formula is C20H22F2N2O5. The number of rotatable bonds is 6. The maximum absolute atomic E-state index is 13.6. The highest BCUT2D eigenvalue weighted by Crippen LogP contribution is 2.37. The molecule has 0 radical (unpaired) electrons. The van der Waals surface area contributed by atoms with Crippen molar-refractivity contribution < 1.29 is 32.7 Å². The molecule has 1 aliphatic heterocycles. The average molecular weight is 408 g/mol. The summed E-state index contributed by atoms with van der Waals surface area (Å²) in [5, 5.41) is 2.21. The Morgan fingerprint density at radius 1 is 1.17 bits per heavy atom. The molecule has 156 valence electrons. The Bertz CT molecular complexity index is 820. The summed E-state index contributed by atoms with van der Waals surface area (Å²) in [6.07, 6.45) is 1.73. The molecule has 3 atom stereocenters. The van der Waals surface area contributed by atoms with Crippen molar-refractivity contribution in [3.05, 3.63) is 29.8 Å². The summed E-state index contributed by atoms with van der Waals surface area (Å²) in [5.41, 5.74) is -0.241. The number of nitrogens with one attached hydrogen (secondary N) is 1. The van der Waals surface area contributed by atoms with E-state index >= 15 is 0 Å². The molecule has 1 aliphatic carbocycles. The molecule has 2 aliphatic rings. The summed E-state index contributed by atoms with van der Waals surface area (Å²) in [6, 6.07) is 2.66. The predicted molar refractivity (Wildman–Crippen MR) is 97.3 cm³/mol. The van der Waals surface area contributed by atoms with E-state index in [1.54, 1.807) is 0 Å². The SMILES string of the molecule is C[C@@H](OC(=O)CCN1C(=O)[C@H]2CCCC[C@H]2C1=O)C(=O)Nc1ccc(F)cc1F. The van der Waals surface area contributed by atoms with E-state index in [0.717, 1.165) is 29.9 Å². The zero-order valence-corrected chi connectivity index (χ0v) is 16.0. The van der Waals surface area contributed by atoms with Crippen LogP contribution < -0.4 is 5.32 Å². The molecule has 0 unspecified atom stereocenters. The zero-order valence-electron chi connectivity index (χ0n) is 16.0. The highest BCUT2D eigenvalue weighted by atomic mass is 19.1. The molecule has 1 aromatic carbocycles. The van der Waals surface area contributed by atoms with E-state index in [0.29, 0.717) is 18.9 Å². The Kier molecular flexibility index (Phi) is 6.24. The number of likely N-dealkylation sites (tertiary alicyclic amines) is 1. The zero-order chi connectivity index (χ0) is 21.1. The Balaban J connectivity index is 1.49. The standard InChI is InChI=1S/C20H22F2N2O5/c1-11(18(26)23-16-7-6-12(21)10-15(16)22)29-17(25)8-9-24-19(27)13-4-2-3-5-14(13)20(24)28/h6-7,10-11,13-14H,2-5,8-9H2,1H3,(H,23,26)/t11-,13-,14+/m1/s1. The van der Waals surface area contributed by atoms with Crippen LogP contribution in [0.5, 0.6) is 0 Å². The van der Waals surface area contributed by atoms with Gasteiger partial charge in [-0.25, -0.2) is 8.78 Å². The maximum Gasteiger partial charge on any atom is 0.308 e. The van der Waals surface area contributed by atoms with Crippen LogP contribution in [0, 0.1) is 23.5 Å². The summed E-state index contributed by atoms with van der Waals surface area (Å²) in [6.45, 7) is 1.21. The van der Waals surface area contributed by atoms with Gasteiger partial charge in [0.1, 0.15) is 11.6 Å². The van der Waals surface area contributed by atoms with Crippen LogP contribution in [-0.2, 0) is 23.9 Å². The smallest absolute Gasteiger partial charge is 0.308 e. The second kappa shape index (κ2) is 8.67. The number of ether oxygens (including phenoxy) is 1. The van der Waals surface area contributed by atoms with Gasteiger partial charge in [0.05, 0.1) is 23.9 Å². The van der Waals surface area contributed by atoms with Crippen molar-refractivity contribution in [2.75, 3.05) is 11.9 Å². The van der Waals surface area contributed by atoms with E-state index in [4.69, 9.17) is 4.74 Å². The molecule has 3 rings (SSSR count). The number of fused-ring (bicyclic) bond motifs is 1. The van der Waals surface area contributed by atoms with Crippen LogP contribution in [0.15, 0.2) is 18.2 Å².